The molecule has 0 aliphatic carbocycles. The Kier molecular flexibility index (Phi) is 4.58. The van der Waals surface area contributed by atoms with Gasteiger partial charge in [-0.15, -0.1) is 0 Å². The van der Waals surface area contributed by atoms with Gasteiger partial charge < -0.3 is 20.3 Å². The summed E-state index contributed by atoms with van der Waals surface area (Å²) in [5.74, 6) is 0.532. The summed E-state index contributed by atoms with van der Waals surface area (Å²) < 4.78 is 5.10. The Labute approximate surface area is 93.9 Å². The van der Waals surface area contributed by atoms with Crippen LogP contribution in [0.1, 0.15) is 5.56 Å². The summed E-state index contributed by atoms with van der Waals surface area (Å²) >= 11 is 0. The van der Waals surface area contributed by atoms with E-state index in [-0.39, 0.29) is 13.2 Å². The highest BCUT2D eigenvalue weighted by atomic mass is 16.5. The summed E-state index contributed by atoms with van der Waals surface area (Å²) in [6.07, 6.45) is -0.819. The number of nitriles is 1. The number of aliphatic hydroxyl groups is 2. The Hall–Kier alpha value is -1.77. The van der Waals surface area contributed by atoms with Gasteiger partial charge in [0, 0.05) is 12.6 Å². The molecule has 0 aliphatic rings. The first-order valence-electron chi connectivity index (χ1n) is 4.82. The fourth-order valence-corrected chi connectivity index (χ4v) is 1.20. The predicted octanol–water partition coefficient (Wildman–Crippen LogP) is 0.332. The Morgan fingerprint density at radius 3 is 2.88 bits per heavy atom. The monoisotopic (exact) mass is 222 g/mol. The molecule has 1 unspecified atom stereocenters. The lowest BCUT2D eigenvalue weighted by Crippen LogP contribution is -2.23. The van der Waals surface area contributed by atoms with Gasteiger partial charge in [-0.2, -0.15) is 5.26 Å². The quantitative estimate of drug-likeness (QED) is 0.668. The molecule has 16 heavy (non-hydrogen) atoms. The molecule has 0 saturated carbocycles. The van der Waals surface area contributed by atoms with Crippen LogP contribution in [0.3, 0.4) is 0 Å². The van der Waals surface area contributed by atoms with Gasteiger partial charge in [0.2, 0.25) is 0 Å². The predicted molar refractivity (Wildman–Crippen MR) is 59.3 cm³/mol. The number of nitrogens with zero attached hydrogens (tertiary/aromatic N) is 1. The summed E-state index contributed by atoms with van der Waals surface area (Å²) in [6, 6.07) is 6.96. The maximum Gasteiger partial charge on any atom is 0.143 e. The lowest BCUT2D eigenvalue weighted by atomic mass is 10.2. The van der Waals surface area contributed by atoms with Crippen molar-refractivity contribution in [2.75, 3.05) is 25.6 Å². The molecule has 0 saturated heterocycles. The van der Waals surface area contributed by atoms with Crippen molar-refractivity contribution in [2.24, 2.45) is 0 Å². The van der Waals surface area contributed by atoms with E-state index in [2.05, 4.69) is 5.32 Å². The van der Waals surface area contributed by atoms with Crippen LogP contribution >= 0.6 is 0 Å². The van der Waals surface area contributed by atoms with Gasteiger partial charge in [0.05, 0.1) is 37.1 Å². The van der Waals surface area contributed by atoms with Gasteiger partial charge in [0.1, 0.15) is 5.75 Å². The minimum absolute atomic E-state index is 0.221. The third kappa shape index (κ3) is 3.12. The highest BCUT2D eigenvalue weighted by Gasteiger charge is 2.06. The van der Waals surface area contributed by atoms with E-state index in [0.717, 1.165) is 0 Å². The van der Waals surface area contributed by atoms with Gasteiger partial charge in [0.15, 0.2) is 0 Å². The smallest absolute Gasteiger partial charge is 0.143 e. The van der Waals surface area contributed by atoms with Crippen LogP contribution in [0.2, 0.25) is 0 Å². The van der Waals surface area contributed by atoms with Crippen molar-refractivity contribution in [3.8, 4) is 11.8 Å². The maximum atomic E-state index is 9.18. The van der Waals surface area contributed by atoms with Gasteiger partial charge in [-0.05, 0) is 12.1 Å². The van der Waals surface area contributed by atoms with Gasteiger partial charge in [-0.3, -0.25) is 0 Å². The molecule has 0 aromatic heterocycles. The molecule has 1 aromatic carbocycles. The summed E-state index contributed by atoms with van der Waals surface area (Å²) in [6.45, 7) is -0.0790. The average molecular weight is 222 g/mol. The standard InChI is InChI=1S/C11H14N2O3/c1-16-11-4-8(5-12)2-3-10(11)13-6-9(15)7-14/h2-4,9,13-15H,6-7H2,1H3. The second-order valence-electron chi connectivity index (χ2n) is 3.24. The van der Waals surface area contributed by atoms with E-state index in [4.69, 9.17) is 15.1 Å². The van der Waals surface area contributed by atoms with Crippen molar-refractivity contribution in [3.63, 3.8) is 0 Å². The third-order valence-electron chi connectivity index (χ3n) is 2.07. The number of rotatable bonds is 5. The third-order valence-corrected chi connectivity index (χ3v) is 2.07. The van der Waals surface area contributed by atoms with E-state index >= 15 is 0 Å². The molecule has 0 spiro atoms. The molecule has 0 amide bonds. The van der Waals surface area contributed by atoms with Crippen molar-refractivity contribution in [1.29, 1.82) is 5.26 Å². The van der Waals surface area contributed by atoms with Crippen LogP contribution in [0, 0.1) is 11.3 Å². The van der Waals surface area contributed by atoms with Gasteiger partial charge in [-0.1, -0.05) is 0 Å². The van der Waals surface area contributed by atoms with Crippen molar-refractivity contribution in [2.45, 2.75) is 6.10 Å². The summed E-state index contributed by atoms with van der Waals surface area (Å²) in [7, 11) is 1.50. The number of benzene rings is 1. The highest BCUT2D eigenvalue weighted by molar-refractivity contribution is 5.59. The van der Waals surface area contributed by atoms with Crippen LogP contribution in [-0.2, 0) is 0 Å². The van der Waals surface area contributed by atoms with Gasteiger partial charge in [-0.25, -0.2) is 0 Å². The first-order chi connectivity index (χ1) is 7.71. The zero-order chi connectivity index (χ0) is 12.0. The zero-order valence-corrected chi connectivity index (χ0v) is 8.97. The first-order valence-corrected chi connectivity index (χ1v) is 4.82. The number of hydrogen-bond acceptors (Lipinski definition) is 5. The van der Waals surface area contributed by atoms with Crippen LogP contribution in [0.4, 0.5) is 5.69 Å². The number of ether oxygens (including phenoxy) is 1. The van der Waals surface area contributed by atoms with Crippen molar-refractivity contribution in [1.82, 2.24) is 0 Å². The van der Waals surface area contributed by atoms with E-state index in [1.54, 1.807) is 18.2 Å². The molecule has 86 valence electrons. The molecule has 0 fully saturated rings. The second kappa shape index (κ2) is 5.95. The minimum Gasteiger partial charge on any atom is -0.495 e. The Morgan fingerprint density at radius 1 is 1.56 bits per heavy atom. The van der Waals surface area contributed by atoms with Crippen LogP contribution in [-0.4, -0.2) is 36.6 Å². The first kappa shape index (κ1) is 12.3. The lowest BCUT2D eigenvalue weighted by molar-refractivity contribution is 0.105. The summed E-state index contributed by atoms with van der Waals surface area (Å²) in [4.78, 5) is 0. The van der Waals surface area contributed by atoms with E-state index < -0.39 is 6.10 Å². The molecule has 1 aromatic rings. The van der Waals surface area contributed by atoms with Crippen molar-refractivity contribution < 1.29 is 14.9 Å². The van der Waals surface area contributed by atoms with Gasteiger partial charge >= 0.3 is 0 Å². The molecule has 0 aliphatic heterocycles. The molecular weight excluding hydrogens is 208 g/mol. The molecule has 1 atom stereocenters. The van der Waals surface area contributed by atoms with E-state index in [1.165, 1.54) is 7.11 Å². The summed E-state index contributed by atoms with van der Waals surface area (Å²) in [5.41, 5.74) is 1.18. The number of methoxy groups -OCH3 is 1. The molecule has 0 radical (unpaired) electrons. The Bertz CT molecular complexity index is 387. The van der Waals surface area contributed by atoms with E-state index in [1.807, 2.05) is 6.07 Å². The fraction of sp³-hybridized carbons (Fsp3) is 0.364. The minimum atomic E-state index is -0.819. The lowest BCUT2D eigenvalue weighted by Gasteiger charge is -2.13. The van der Waals surface area contributed by atoms with Crippen molar-refractivity contribution in [3.05, 3.63) is 23.8 Å². The SMILES string of the molecule is COc1cc(C#N)ccc1NCC(O)CO. The molecule has 5 nitrogen and oxygen atoms in total. The largest absolute Gasteiger partial charge is 0.495 e. The molecule has 0 bridgehead atoms. The van der Waals surface area contributed by atoms with E-state index in [0.29, 0.717) is 17.0 Å². The van der Waals surface area contributed by atoms with Crippen LogP contribution in [0.25, 0.3) is 0 Å². The number of nitrogens with one attached hydrogen (secondary N) is 1. The van der Waals surface area contributed by atoms with Crippen LogP contribution in [0.5, 0.6) is 5.75 Å². The topological polar surface area (TPSA) is 85.5 Å². The summed E-state index contributed by atoms with van der Waals surface area (Å²) in [5, 5.41) is 29.5. The fourth-order valence-electron chi connectivity index (χ4n) is 1.20. The molecule has 3 N–H and O–H groups in total. The maximum absolute atomic E-state index is 9.18. The highest BCUT2D eigenvalue weighted by Crippen LogP contribution is 2.25. The Morgan fingerprint density at radius 2 is 2.31 bits per heavy atom. The van der Waals surface area contributed by atoms with Crippen molar-refractivity contribution >= 4 is 5.69 Å². The molecule has 5 heteroatoms. The van der Waals surface area contributed by atoms with E-state index in [9.17, 15) is 5.11 Å². The van der Waals surface area contributed by atoms with Gasteiger partial charge in [0.25, 0.3) is 0 Å². The number of hydrogen-bond donors (Lipinski definition) is 3. The second-order valence-corrected chi connectivity index (χ2v) is 3.24. The normalized spacial score (nSPS) is 11.6. The zero-order valence-electron chi connectivity index (χ0n) is 8.97. The van der Waals surface area contributed by atoms with Crippen LogP contribution < -0.4 is 10.1 Å². The molecule has 0 heterocycles. The molecular formula is C11H14N2O3. The number of anilines is 1. The Balaban J connectivity index is 2.76. The molecule has 1 rings (SSSR count). The average Bonchev–Trinajstić information content (AvgIpc) is 2.35. The van der Waals surface area contributed by atoms with Crippen LogP contribution in [0.15, 0.2) is 18.2 Å². The number of aliphatic hydroxyl groups excluding tert-OH is 2.